The number of thioether (sulfide) groups is 1. The largest absolute Gasteiger partial charge is 0.313 e. The second-order valence-corrected chi connectivity index (χ2v) is 6.30. The van der Waals surface area contributed by atoms with Gasteiger partial charge >= 0.3 is 0 Å². The standard InChI is InChI=1S/C13H21BrN2S/c1-4-8-15-12(5-2)10(3)17-13-11(14)7-6-9-16-13/h6-7,9-10,12,15H,4-5,8H2,1-3H3. The maximum atomic E-state index is 4.40. The van der Waals surface area contributed by atoms with Crippen LogP contribution < -0.4 is 5.32 Å². The van der Waals surface area contributed by atoms with E-state index in [4.69, 9.17) is 0 Å². The molecular weight excluding hydrogens is 296 g/mol. The normalized spacial score (nSPS) is 14.6. The Balaban J connectivity index is 2.57. The molecule has 0 saturated heterocycles. The first-order valence-electron chi connectivity index (χ1n) is 6.19. The molecule has 1 N–H and O–H groups in total. The molecule has 0 aliphatic carbocycles. The van der Waals surface area contributed by atoms with Crippen molar-refractivity contribution >= 4 is 27.7 Å². The van der Waals surface area contributed by atoms with Crippen LogP contribution in [-0.4, -0.2) is 22.8 Å². The van der Waals surface area contributed by atoms with E-state index in [9.17, 15) is 0 Å². The Morgan fingerprint density at radius 1 is 1.47 bits per heavy atom. The fourth-order valence-electron chi connectivity index (χ4n) is 1.69. The van der Waals surface area contributed by atoms with Crippen LogP contribution in [0.2, 0.25) is 0 Å². The Bertz CT molecular complexity index is 333. The first kappa shape index (κ1) is 15.0. The molecule has 0 fully saturated rings. The highest BCUT2D eigenvalue weighted by Crippen LogP contribution is 2.30. The fraction of sp³-hybridized carbons (Fsp3) is 0.615. The van der Waals surface area contributed by atoms with Crippen LogP contribution in [0.1, 0.15) is 33.6 Å². The lowest BCUT2D eigenvalue weighted by Crippen LogP contribution is -2.36. The quantitative estimate of drug-likeness (QED) is 0.766. The first-order valence-corrected chi connectivity index (χ1v) is 7.86. The van der Waals surface area contributed by atoms with Gasteiger partial charge in [-0.3, -0.25) is 0 Å². The Kier molecular flexibility index (Phi) is 7.16. The van der Waals surface area contributed by atoms with Crippen LogP contribution in [0.5, 0.6) is 0 Å². The third-order valence-corrected chi connectivity index (χ3v) is 4.84. The van der Waals surface area contributed by atoms with E-state index in [1.807, 2.05) is 30.1 Å². The Morgan fingerprint density at radius 3 is 2.82 bits per heavy atom. The number of hydrogen-bond acceptors (Lipinski definition) is 3. The Hall–Kier alpha value is -0.0600. The zero-order chi connectivity index (χ0) is 12.7. The van der Waals surface area contributed by atoms with Crippen LogP contribution in [0.4, 0.5) is 0 Å². The van der Waals surface area contributed by atoms with Crippen molar-refractivity contribution in [1.82, 2.24) is 10.3 Å². The van der Waals surface area contributed by atoms with E-state index < -0.39 is 0 Å². The smallest absolute Gasteiger partial charge is 0.110 e. The van der Waals surface area contributed by atoms with E-state index in [1.54, 1.807) is 0 Å². The summed E-state index contributed by atoms with van der Waals surface area (Å²) in [6.07, 6.45) is 4.18. The van der Waals surface area contributed by atoms with Gasteiger partial charge in [-0.05, 0) is 47.4 Å². The van der Waals surface area contributed by atoms with Crippen molar-refractivity contribution in [3.05, 3.63) is 22.8 Å². The van der Waals surface area contributed by atoms with Gasteiger partial charge in [-0.25, -0.2) is 4.98 Å². The highest BCUT2D eigenvalue weighted by Gasteiger charge is 2.17. The minimum Gasteiger partial charge on any atom is -0.313 e. The monoisotopic (exact) mass is 316 g/mol. The summed E-state index contributed by atoms with van der Waals surface area (Å²) in [5.41, 5.74) is 0. The molecule has 2 unspecified atom stereocenters. The maximum absolute atomic E-state index is 4.40. The number of aromatic nitrogens is 1. The number of halogens is 1. The summed E-state index contributed by atoms with van der Waals surface area (Å²) < 4.78 is 1.09. The van der Waals surface area contributed by atoms with Crippen molar-refractivity contribution in [2.24, 2.45) is 0 Å². The predicted octanol–water partition coefficient (Wildman–Crippen LogP) is 4.10. The minimum absolute atomic E-state index is 0.526. The first-order chi connectivity index (χ1) is 8.19. The molecule has 0 aliphatic heterocycles. The van der Waals surface area contributed by atoms with Crippen LogP contribution >= 0.6 is 27.7 Å². The number of rotatable bonds is 7. The zero-order valence-electron chi connectivity index (χ0n) is 10.7. The van der Waals surface area contributed by atoms with Crippen molar-refractivity contribution in [3.63, 3.8) is 0 Å². The number of nitrogens with zero attached hydrogens (tertiary/aromatic N) is 1. The second kappa shape index (κ2) is 8.11. The summed E-state index contributed by atoms with van der Waals surface area (Å²) >= 11 is 5.38. The highest BCUT2D eigenvalue weighted by atomic mass is 79.9. The molecule has 4 heteroatoms. The van der Waals surface area contributed by atoms with Gasteiger partial charge in [0.2, 0.25) is 0 Å². The second-order valence-electron chi connectivity index (χ2n) is 4.08. The summed E-state index contributed by atoms with van der Waals surface area (Å²) in [7, 11) is 0. The van der Waals surface area contributed by atoms with E-state index in [2.05, 4.69) is 47.0 Å². The predicted molar refractivity (Wildman–Crippen MR) is 79.6 cm³/mol. The lowest BCUT2D eigenvalue weighted by Gasteiger charge is -2.23. The molecule has 17 heavy (non-hydrogen) atoms. The molecule has 0 aliphatic rings. The Labute approximate surface area is 117 Å². The van der Waals surface area contributed by atoms with Crippen molar-refractivity contribution in [1.29, 1.82) is 0 Å². The average Bonchev–Trinajstić information content (AvgIpc) is 2.33. The van der Waals surface area contributed by atoms with Crippen LogP contribution in [-0.2, 0) is 0 Å². The van der Waals surface area contributed by atoms with E-state index >= 15 is 0 Å². The molecule has 96 valence electrons. The van der Waals surface area contributed by atoms with E-state index in [1.165, 1.54) is 6.42 Å². The topological polar surface area (TPSA) is 24.9 Å². The molecule has 0 saturated carbocycles. The van der Waals surface area contributed by atoms with Gasteiger partial charge in [0.1, 0.15) is 5.03 Å². The summed E-state index contributed by atoms with van der Waals surface area (Å²) in [5, 5.41) is 5.20. The van der Waals surface area contributed by atoms with Crippen LogP contribution in [0, 0.1) is 0 Å². The van der Waals surface area contributed by atoms with Crippen molar-refractivity contribution in [2.75, 3.05) is 6.54 Å². The molecule has 1 aromatic heterocycles. The number of pyridine rings is 1. The van der Waals surface area contributed by atoms with Gasteiger partial charge in [0.25, 0.3) is 0 Å². The van der Waals surface area contributed by atoms with Crippen molar-refractivity contribution < 1.29 is 0 Å². The zero-order valence-corrected chi connectivity index (χ0v) is 13.1. The lowest BCUT2D eigenvalue weighted by atomic mass is 10.1. The third kappa shape index (κ3) is 4.98. The van der Waals surface area contributed by atoms with Gasteiger partial charge in [-0.15, -0.1) is 11.8 Å². The van der Waals surface area contributed by atoms with Crippen molar-refractivity contribution in [3.8, 4) is 0 Å². The number of hydrogen-bond donors (Lipinski definition) is 1. The van der Waals surface area contributed by atoms with E-state index in [0.29, 0.717) is 11.3 Å². The molecular formula is C13H21BrN2S. The molecule has 0 radical (unpaired) electrons. The van der Waals surface area contributed by atoms with Gasteiger partial charge in [0.15, 0.2) is 0 Å². The minimum atomic E-state index is 0.526. The number of nitrogens with one attached hydrogen (secondary N) is 1. The fourth-order valence-corrected chi connectivity index (χ4v) is 3.33. The summed E-state index contributed by atoms with van der Waals surface area (Å²) in [6.45, 7) is 7.79. The third-order valence-electron chi connectivity index (χ3n) is 2.69. The van der Waals surface area contributed by atoms with Gasteiger partial charge in [-0.2, -0.15) is 0 Å². The molecule has 1 heterocycles. The van der Waals surface area contributed by atoms with E-state index in [0.717, 1.165) is 22.5 Å². The summed E-state index contributed by atoms with van der Waals surface area (Å²) in [5.74, 6) is 0. The Morgan fingerprint density at radius 2 is 2.24 bits per heavy atom. The summed E-state index contributed by atoms with van der Waals surface area (Å²) in [4.78, 5) is 4.40. The van der Waals surface area contributed by atoms with Crippen LogP contribution in [0.15, 0.2) is 27.8 Å². The summed E-state index contributed by atoms with van der Waals surface area (Å²) in [6, 6.07) is 4.54. The molecule has 2 atom stereocenters. The molecule has 0 bridgehead atoms. The van der Waals surface area contributed by atoms with Gasteiger partial charge < -0.3 is 5.32 Å². The molecule has 1 aromatic rings. The maximum Gasteiger partial charge on any atom is 0.110 e. The van der Waals surface area contributed by atoms with E-state index in [-0.39, 0.29) is 0 Å². The van der Waals surface area contributed by atoms with Gasteiger partial charge in [0, 0.05) is 22.0 Å². The molecule has 0 aromatic carbocycles. The molecule has 2 nitrogen and oxygen atoms in total. The van der Waals surface area contributed by atoms with Gasteiger partial charge in [0.05, 0.1) is 0 Å². The molecule has 0 spiro atoms. The molecule has 1 rings (SSSR count). The van der Waals surface area contributed by atoms with Gasteiger partial charge in [-0.1, -0.05) is 20.8 Å². The lowest BCUT2D eigenvalue weighted by molar-refractivity contribution is 0.493. The van der Waals surface area contributed by atoms with Crippen LogP contribution in [0.3, 0.4) is 0 Å². The highest BCUT2D eigenvalue weighted by molar-refractivity contribution is 9.10. The average molecular weight is 317 g/mol. The van der Waals surface area contributed by atoms with Crippen LogP contribution in [0.25, 0.3) is 0 Å². The SMILES string of the molecule is CCCNC(CC)C(C)Sc1ncccc1Br. The molecule has 0 amide bonds. The van der Waals surface area contributed by atoms with Crippen molar-refractivity contribution in [2.45, 2.75) is 49.9 Å².